The van der Waals surface area contributed by atoms with Crippen molar-refractivity contribution in [2.45, 2.75) is 39.0 Å². The molecule has 0 amide bonds. The number of ether oxygens (including phenoxy) is 2. The highest BCUT2D eigenvalue weighted by atomic mass is 16.5. The molecule has 4 nitrogen and oxygen atoms in total. The second-order valence-electron chi connectivity index (χ2n) is 3.43. The van der Waals surface area contributed by atoms with Gasteiger partial charge in [-0.3, -0.25) is 4.79 Å². The Balaban J connectivity index is 2.89. The van der Waals surface area contributed by atoms with Crippen molar-refractivity contribution in [2.75, 3.05) is 26.4 Å². The Morgan fingerprint density at radius 3 is 2.13 bits per heavy atom. The molecule has 90 valence electrons. The molecular weight excluding hydrogens is 196 g/mol. The van der Waals surface area contributed by atoms with Crippen molar-refractivity contribution < 1.29 is 19.4 Å². The lowest BCUT2D eigenvalue weighted by Crippen LogP contribution is -2.06. The molecule has 0 bridgehead atoms. The van der Waals surface area contributed by atoms with E-state index in [9.17, 15) is 4.79 Å². The second-order valence-corrected chi connectivity index (χ2v) is 3.43. The van der Waals surface area contributed by atoms with E-state index in [2.05, 4.69) is 6.92 Å². The molecule has 0 aliphatic heterocycles. The summed E-state index contributed by atoms with van der Waals surface area (Å²) in [6, 6.07) is 0. The maximum Gasteiger partial charge on any atom is 0.303 e. The summed E-state index contributed by atoms with van der Waals surface area (Å²) in [5.74, 6) is -0.738. The monoisotopic (exact) mass is 218 g/mol. The fourth-order valence-corrected chi connectivity index (χ4v) is 1.05. The van der Waals surface area contributed by atoms with Crippen LogP contribution >= 0.6 is 0 Å². The number of carboxylic acids is 1. The van der Waals surface area contributed by atoms with Crippen LogP contribution in [0.1, 0.15) is 39.0 Å². The molecule has 0 atom stereocenters. The Bertz CT molecular complexity index is 148. The summed E-state index contributed by atoms with van der Waals surface area (Å²) in [5, 5.41) is 8.38. The molecule has 0 saturated heterocycles. The maximum absolute atomic E-state index is 10.2. The number of rotatable bonds is 11. The van der Waals surface area contributed by atoms with Gasteiger partial charge in [0.15, 0.2) is 0 Å². The number of hydrogen-bond donors (Lipinski definition) is 1. The zero-order chi connectivity index (χ0) is 11.4. The second kappa shape index (κ2) is 11.5. The third-order valence-electron chi connectivity index (χ3n) is 1.94. The standard InChI is InChI=1S/C11H22O4/c1-2-3-7-14-9-10-15-8-5-4-6-11(12)13/h2-10H2,1H3,(H,12,13). The lowest BCUT2D eigenvalue weighted by molar-refractivity contribution is -0.137. The summed E-state index contributed by atoms with van der Waals surface area (Å²) < 4.78 is 10.6. The van der Waals surface area contributed by atoms with E-state index in [1.165, 1.54) is 0 Å². The maximum atomic E-state index is 10.2. The van der Waals surface area contributed by atoms with Crippen LogP contribution in [0.3, 0.4) is 0 Å². The molecule has 0 aliphatic rings. The van der Waals surface area contributed by atoms with Crippen LogP contribution in [-0.2, 0) is 14.3 Å². The SMILES string of the molecule is CCCCOCCOCCCCC(=O)O. The van der Waals surface area contributed by atoms with Crippen LogP contribution in [0.2, 0.25) is 0 Å². The molecule has 0 aromatic heterocycles. The predicted octanol–water partition coefficient (Wildman–Crippen LogP) is 2.07. The molecule has 0 saturated carbocycles. The molecular formula is C11H22O4. The summed E-state index contributed by atoms with van der Waals surface area (Å²) in [7, 11) is 0. The minimum Gasteiger partial charge on any atom is -0.481 e. The van der Waals surface area contributed by atoms with Gasteiger partial charge in [-0.2, -0.15) is 0 Å². The van der Waals surface area contributed by atoms with E-state index in [1.54, 1.807) is 0 Å². The molecule has 0 spiro atoms. The zero-order valence-electron chi connectivity index (χ0n) is 9.54. The first kappa shape index (κ1) is 14.4. The average Bonchev–Trinajstić information content (AvgIpc) is 2.20. The van der Waals surface area contributed by atoms with E-state index in [0.29, 0.717) is 26.2 Å². The van der Waals surface area contributed by atoms with Crippen molar-refractivity contribution in [1.29, 1.82) is 0 Å². The van der Waals surface area contributed by atoms with E-state index in [0.717, 1.165) is 25.9 Å². The predicted molar refractivity (Wildman–Crippen MR) is 58.0 cm³/mol. The third-order valence-corrected chi connectivity index (χ3v) is 1.94. The number of carboxylic acid groups (broad SMARTS) is 1. The third kappa shape index (κ3) is 13.4. The number of unbranched alkanes of at least 4 members (excludes halogenated alkanes) is 2. The summed E-state index contributed by atoms with van der Waals surface area (Å²) in [6.45, 7) is 4.81. The smallest absolute Gasteiger partial charge is 0.303 e. The zero-order valence-corrected chi connectivity index (χ0v) is 9.54. The molecule has 15 heavy (non-hydrogen) atoms. The van der Waals surface area contributed by atoms with Crippen LogP contribution in [0.25, 0.3) is 0 Å². The van der Waals surface area contributed by atoms with Gasteiger partial charge in [-0.25, -0.2) is 0 Å². The summed E-state index contributed by atoms with van der Waals surface area (Å²) in [6.07, 6.45) is 3.97. The average molecular weight is 218 g/mol. The van der Waals surface area contributed by atoms with Gasteiger partial charge in [-0.1, -0.05) is 13.3 Å². The fraction of sp³-hybridized carbons (Fsp3) is 0.909. The van der Waals surface area contributed by atoms with Crippen molar-refractivity contribution in [3.8, 4) is 0 Å². The Kier molecular flexibility index (Phi) is 11.0. The molecule has 0 aliphatic carbocycles. The molecule has 4 heteroatoms. The van der Waals surface area contributed by atoms with Gasteiger partial charge in [-0.05, 0) is 19.3 Å². The van der Waals surface area contributed by atoms with Gasteiger partial charge in [0.05, 0.1) is 13.2 Å². The highest BCUT2D eigenvalue weighted by molar-refractivity contribution is 5.66. The first-order valence-electron chi connectivity index (χ1n) is 5.64. The molecule has 0 fully saturated rings. The van der Waals surface area contributed by atoms with Crippen molar-refractivity contribution in [3.05, 3.63) is 0 Å². The van der Waals surface area contributed by atoms with Crippen molar-refractivity contribution in [3.63, 3.8) is 0 Å². The van der Waals surface area contributed by atoms with E-state index >= 15 is 0 Å². The number of carbonyl (C=O) groups is 1. The van der Waals surface area contributed by atoms with Crippen LogP contribution in [0, 0.1) is 0 Å². The Morgan fingerprint density at radius 2 is 1.60 bits per heavy atom. The van der Waals surface area contributed by atoms with Gasteiger partial charge in [0, 0.05) is 19.6 Å². The van der Waals surface area contributed by atoms with Crippen LogP contribution in [-0.4, -0.2) is 37.5 Å². The van der Waals surface area contributed by atoms with Crippen molar-refractivity contribution >= 4 is 5.97 Å². The Morgan fingerprint density at radius 1 is 1.00 bits per heavy atom. The van der Waals surface area contributed by atoms with Crippen LogP contribution in [0.4, 0.5) is 0 Å². The lowest BCUT2D eigenvalue weighted by atomic mass is 10.2. The molecule has 0 unspecified atom stereocenters. The molecule has 0 heterocycles. The molecule has 1 N–H and O–H groups in total. The van der Waals surface area contributed by atoms with Crippen molar-refractivity contribution in [2.24, 2.45) is 0 Å². The van der Waals surface area contributed by atoms with Gasteiger partial charge in [0.1, 0.15) is 0 Å². The van der Waals surface area contributed by atoms with E-state index in [1.807, 2.05) is 0 Å². The summed E-state index contributed by atoms with van der Waals surface area (Å²) in [5.41, 5.74) is 0. The summed E-state index contributed by atoms with van der Waals surface area (Å²) in [4.78, 5) is 10.2. The number of aliphatic carboxylic acids is 1. The van der Waals surface area contributed by atoms with E-state index in [-0.39, 0.29) is 6.42 Å². The minimum absolute atomic E-state index is 0.232. The number of hydrogen-bond acceptors (Lipinski definition) is 3. The van der Waals surface area contributed by atoms with Crippen LogP contribution in [0.5, 0.6) is 0 Å². The van der Waals surface area contributed by atoms with Gasteiger partial charge in [0.25, 0.3) is 0 Å². The molecule has 0 rings (SSSR count). The van der Waals surface area contributed by atoms with E-state index < -0.39 is 5.97 Å². The highest BCUT2D eigenvalue weighted by Crippen LogP contribution is 1.95. The topological polar surface area (TPSA) is 55.8 Å². The quantitative estimate of drug-likeness (QED) is 0.539. The summed E-state index contributed by atoms with van der Waals surface area (Å²) >= 11 is 0. The largest absolute Gasteiger partial charge is 0.481 e. The first-order chi connectivity index (χ1) is 7.27. The normalized spacial score (nSPS) is 10.5. The molecule has 0 aromatic rings. The van der Waals surface area contributed by atoms with Gasteiger partial charge in [-0.15, -0.1) is 0 Å². The fourth-order valence-electron chi connectivity index (χ4n) is 1.05. The minimum atomic E-state index is -0.738. The lowest BCUT2D eigenvalue weighted by Gasteiger charge is -2.04. The highest BCUT2D eigenvalue weighted by Gasteiger charge is 1.96. The molecule has 0 aromatic carbocycles. The van der Waals surface area contributed by atoms with E-state index in [4.69, 9.17) is 14.6 Å². The van der Waals surface area contributed by atoms with Gasteiger partial charge in [0.2, 0.25) is 0 Å². The van der Waals surface area contributed by atoms with Gasteiger partial charge < -0.3 is 14.6 Å². The van der Waals surface area contributed by atoms with Gasteiger partial charge >= 0.3 is 5.97 Å². The van der Waals surface area contributed by atoms with Crippen LogP contribution < -0.4 is 0 Å². The van der Waals surface area contributed by atoms with Crippen LogP contribution in [0.15, 0.2) is 0 Å². The Hall–Kier alpha value is -0.610. The first-order valence-corrected chi connectivity index (χ1v) is 5.64. The Labute approximate surface area is 91.6 Å². The molecule has 0 radical (unpaired) electrons. The van der Waals surface area contributed by atoms with Crippen molar-refractivity contribution in [1.82, 2.24) is 0 Å².